The normalized spacial score (nSPS) is 11.2. The molecule has 0 fully saturated rings. The van der Waals surface area contributed by atoms with E-state index in [1.54, 1.807) is 33.1 Å². The highest BCUT2D eigenvalue weighted by Gasteiger charge is 2.11. The Morgan fingerprint density at radius 3 is 2.60 bits per heavy atom. The fraction of sp³-hybridized carbons (Fsp3) is 0.455. The number of nitrogen functional groups attached to an aromatic ring is 1. The zero-order valence-corrected chi connectivity index (χ0v) is 9.37. The third-order valence-corrected chi connectivity index (χ3v) is 1.89. The monoisotopic (exact) mass is 210 g/mol. The summed E-state index contributed by atoms with van der Waals surface area (Å²) < 4.78 is 5.09. The predicted molar refractivity (Wildman–Crippen MR) is 62.2 cm³/mol. The van der Waals surface area contributed by atoms with Gasteiger partial charge in [-0.1, -0.05) is 0 Å². The summed E-state index contributed by atoms with van der Waals surface area (Å²) in [6.45, 7) is 3.94. The number of nitrogens with one attached hydrogen (secondary N) is 1. The lowest BCUT2D eigenvalue weighted by Crippen LogP contribution is -2.29. The van der Waals surface area contributed by atoms with Crippen LogP contribution < -0.4 is 15.8 Å². The Morgan fingerprint density at radius 2 is 2.07 bits per heavy atom. The van der Waals surface area contributed by atoms with Gasteiger partial charge in [-0.2, -0.15) is 0 Å². The van der Waals surface area contributed by atoms with Crippen molar-refractivity contribution in [2.24, 2.45) is 0 Å². The van der Waals surface area contributed by atoms with Crippen molar-refractivity contribution in [1.29, 1.82) is 0 Å². The first-order valence-electron chi connectivity index (χ1n) is 4.81. The maximum absolute atomic E-state index is 9.55. The fourth-order valence-corrected chi connectivity index (χ4v) is 1.16. The lowest BCUT2D eigenvalue weighted by atomic mass is 10.1. The van der Waals surface area contributed by atoms with Crippen molar-refractivity contribution in [3.63, 3.8) is 0 Å². The summed E-state index contributed by atoms with van der Waals surface area (Å²) in [4.78, 5) is 0. The maximum atomic E-state index is 9.55. The second kappa shape index (κ2) is 4.40. The highest BCUT2D eigenvalue weighted by molar-refractivity contribution is 5.59. The van der Waals surface area contributed by atoms with Gasteiger partial charge in [-0.3, -0.25) is 0 Å². The average Bonchev–Trinajstić information content (AvgIpc) is 2.13. The molecule has 0 heterocycles. The van der Waals surface area contributed by atoms with Gasteiger partial charge in [-0.05, 0) is 19.9 Å². The summed E-state index contributed by atoms with van der Waals surface area (Å²) >= 11 is 0. The molecular formula is C11H18N2O2. The summed E-state index contributed by atoms with van der Waals surface area (Å²) in [7, 11) is 1.59. The molecule has 0 saturated carbocycles. The Labute approximate surface area is 90.1 Å². The van der Waals surface area contributed by atoms with Crippen molar-refractivity contribution in [3.8, 4) is 5.75 Å². The zero-order valence-electron chi connectivity index (χ0n) is 9.37. The van der Waals surface area contributed by atoms with E-state index in [4.69, 9.17) is 10.5 Å². The maximum Gasteiger partial charge on any atom is 0.122 e. The summed E-state index contributed by atoms with van der Waals surface area (Å²) in [5.41, 5.74) is 6.41. The first-order valence-corrected chi connectivity index (χ1v) is 4.81. The smallest absolute Gasteiger partial charge is 0.122 e. The molecule has 0 aliphatic rings. The lowest BCUT2D eigenvalue weighted by molar-refractivity contribution is 0.0945. The minimum absolute atomic E-state index is 0.458. The zero-order chi connectivity index (χ0) is 11.5. The van der Waals surface area contributed by atoms with Crippen LogP contribution in [0.4, 0.5) is 11.4 Å². The van der Waals surface area contributed by atoms with Gasteiger partial charge in [0.15, 0.2) is 0 Å². The van der Waals surface area contributed by atoms with Crippen LogP contribution in [-0.2, 0) is 0 Å². The van der Waals surface area contributed by atoms with E-state index in [1.165, 1.54) is 0 Å². The van der Waals surface area contributed by atoms with Gasteiger partial charge in [0.2, 0.25) is 0 Å². The van der Waals surface area contributed by atoms with Crippen molar-refractivity contribution in [2.45, 2.75) is 19.4 Å². The fourth-order valence-electron chi connectivity index (χ4n) is 1.16. The van der Waals surface area contributed by atoms with E-state index in [0.29, 0.717) is 18.0 Å². The van der Waals surface area contributed by atoms with Crippen LogP contribution >= 0.6 is 0 Å². The van der Waals surface area contributed by atoms with Crippen molar-refractivity contribution < 1.29 is 9.84 Å². The van der Waals surface area contributed by atoms with E-state index in [1.807, 2.05) is 6.07 Å². The molecule has 0 radical (unpaired) electrons. The van der Waals surface area contributed by atoms with Gasteiger partial charge in [0.1, 0.15) is 5.75 Å². The van der Waals surface area contributed by atoms with E-state index in [2.05, 4.69) is 5.32 Å². The number of benzene rings is 1. The predicted octanol–water partition coefficient (Wildman–Crippen LogP) is 1.46. The van der Waals surface area contributed by atoms with Gasteiger partial charge in [-0.25, -0.2) is 0 Å². The van der Waals surface area contributed by atoms with Crippen LogP contribution in [0.1, 0.15) is 13.8 Å². The van der Waals surface area contributed by atoms with Gasteiger partial charge < -0.3 is 20.9 Å². The molecule has 4 N–H and O–H groups in total. The molecule has 4 heteroatoms. The van der Waals surface area contributed by atoms with Crippen LogP contribution in [0.25, 0.3) is 0 Å². The molecule has 0 aliphatic carbocycles. The number of hydrogen-bond donors (Lipinski definition) is 3. The molecule has 0 saturated heterocycles. The van der Waals surface area contributed by atoms with E-state index in [9.17, 15) is 5.11 Å². The van der Waals surface area contributed by atoms with Gasteiger partial charge in [-0.15, -0.1) is 0 Å². The number of ether oxygens (including phenoxy) is 1. The molecule has 1 rings (SSSR count). The molecule has 0 spiro atoms. The third-order valence-electron chi connectivity index (χ3n) is 1.89. The molecule has 0 atom stereocenters. The molecule has 0 aliphatic heterocycles. The first-order chi connectivity index (χ1) is 6.90. The number of hydrogen-bond acceptors (Lipinski definition) is 4. The van der Waals surface area contributed by atoms with Crippen LogP contribution in [0.15, 0.2) is 18.2 Å². The summed E-state index contributed by atoms with van der Waals surface area (Å²) in [6.07, 6.45) is 0. The second-order valence-corrected chi connectivity index (χ2v) is 4.16. The highest BCUT2D eigenvalue weighted by atomic mass is 16.5. The Morgan fingerprint density at radius 1 is 1.40 bits per heavy atom. The summed E-state index contributed by atoms with van der Waals surface area (Å²) in [5.74, 6) is 0.702. The first kappa shape index (κ1) is 11.7. The third kappa shape index (κ3) is 4.08. The van der Waals surface area contributed by atoms with Gasteiger partial charge in [0.05, 0.1) is 12.7 Å². The molecule has 0 amide bonds. The number of methoxy groups -OCH3 is 1. The van der Waals surface area contributed by atoms with Crippen molar-refractivity contribution in [3.05, 3.63) is 18.2 Å². The SMILES string of the molecule is COc1cc(N)cc(NCC(C)(C)O)c1. The Balaban J connectivity index is 2.73. The minimum Gasteiger partial charge on any atom is -0.497 e. The van der Waals surface area contributed by atoms with Crippen LogP contribution in [0, 0.1) is 0 Å². The van der Waals surface area contributed by atoms with Crippen LogP contribution in [0.5, 0.6) is 5.75 Å². The van der Waals surface area contributed by atoms with E-state index >= 15 is 0 Å². The molecule has 84 valence electrons. The summed E-state index contributed by atoms with van der Waals surface area (Å²) in [6, 6.07) is 5.38. The molecule has 0 aromatic heterocycles. The van der Waals surface area contributed by atoms with Crippen LogP contribution in [0.3, 0.4) is 0 Å². The van der Waals surface area contributed by atoms with E-state index < -0.39 is 5.60 Å². The number of rotatable bonds is 4. The van der Waals surface area contributed by atoms with E-state index in [0.717, 1.165) is 5.69 Å². The molecule has 15 heavy (non-hydrogen) atoms. The molecular weight excluding hydrogens is 192 g/mol. The van der Waals surface area contributed by atoms with Gasteiger partial charge >= 0.3 is 0 Å². The number of aliphatic hydroxyl groups is 1. The van der Waals surface area contributed by atoms with Crippen LogP contribution in [0.2, 0.25) is 0 Å². The van der Waals surface area contributed by atoms with Crippen molar-refractivity contribution >= 4 is 11.4 Å². The topological polar surface area (TPSA) is 67.5 Å². The Bertz CT molecular complexity index is 332. The van der Waals surface area contributed by atoms with Crippen molar-refractivity contribution in [2.75, 3.05) is 24.7 Å². The minimum atomic E-state index is -0.752. The van der Waals surface area contributed by atoms with Crippen LogP contribution in [-0.4, -0.2) is 24.4 Å². The Kier molecular flexibility index (Phi) is 3.42. The van der Waals surface area contributed by atoms with E-state index in [-0.39, 0.29) is 0 Å². The molecule has 0 bridgehead atoms. The van der Waals surface area contributed by atoms with Crippen molar-refractivity contribution in [1.82, 2.24) is 0 Å². The largest absolute Gasteiger partial charge is 0.497 e. The molecule has 0 unspecified atom stereocenters. The Hall–Kier alpha value is -1.42. The number of anilines is 2. The summed E-state index contributed by atoms with van der Waals surface area (Å²) in [5, 5.41) is 12.6. The standard InChI is InChI=1S/C11H18N2O2/c1-11(2,14)7-13-9-4-8(12)5-10(6-9)15-3/h4-6,13-14H,7,12H2,1-3H3. The van der Waals surface area contributed by atoms with Gasteiger partial charge in [0.25, 0.3) is 0 Å². The molecule has 4 nitrogen and oxygen atoms in total. The number of nitrogens with two attached hydrogens (primary N) is 1. The quantitative estimate of drug-likeness (QED) is 0.658. The van der Waals surface area contributed by atoms with Gasteiger partial charge in [0, 0.05) is 30.1 Å². The average molecular weight is 210 g/mol. The second-order valence-electron chi connectivity index (χ2n) is 4.16. The lowest BCUT2D eigenvalue weighted by Gasteiger charge is -2.19. The molecule has 1 aromatic rings. The highest BCUT2D eigenvalue weighted by Crippen LogP contribution is 2.22. The molecule has 1 aromatic carbocycles.